The van der Waals surface area contributed by atoms with Gasteiger partial charge >= 0.3 is 0 Å². The molecule has 2 heterocycles. The van der Waals surface area contributed by atoms with Crippen molar-refractivity contribution in [1.82, 2.24) is 9.96 Å². The molecule has 2 fully saturated rings. The van der Waals surface area contributed by atoms with Crippen molar-refractivity contribution in [1.29, 1.82) is 0 Å². The Kier molecular flexibility index (Phi) is 2.46. The maximum atomic E-state index is 12.1. The van der Waals surface area contributed by atoms with Crippen molar-refractivity contribution < 1.29 is 14.4 Å². The minimum absolute atomic E-state index is 0.164. The molecule has 0 unspecified atom stereocenters. The highest BCUT2D eigenvalue weighted by Crippen LogP contribution is 2.42. The summed E-state index contributed by atoms with van der Waals surface area (Å²) in [5.41, 5.74) is 0.990. The van der Waals surface area contributed by atoms with Crippen LogP contribution in [0.5, 0.6) is 0 Å². The van der Waals surface area contributed by atoms with Crippen LogP contribution in [0.25, 0.3) is 0 Å². The van der Waals surface area contributed by atoms with E-state index in [2.05, 4.69) is 0 Å². The van der Waals surface area contributed by atoms with Crippen LogP contribution in [0, 0.1) is 5.92 Å². The summed E-state index contributed by atoms with van der Waals surface area (Å²) in [6, 6.07) is 9.46. The van der Waals surface area contributed by atoms with Crippen molar-refractivity contribution in [2.45, 2.75) is 12.1 Å². The van der Waals surface area contributed by atoms with E-state index in [4.69, 9.17) is 4.84 Å². The summed E-state index contributed by atoms with van der Waals surface area (Å²) in [6.07, 6.45) is -0.669. The Balaban J connectivity index is 2.01. The zero-order valence-corrected chi connectivity index (χ0v) is 10.2. The predicted molar refractivity (Wildman–Crippen MR) is 63.1 cm³/mol. The first-order chi connectivity index (χ1) is 8.61. The molecule has 0 saturated carbocycles. The minimum Gasteiger partial charge on any atom is -0.284 e. The fourth-order valence-corrected chi connectivity index (χ4v) is 2.76. The number of amides is 2. The number of likely N-dealkylation sites (N-methyl/N-ethyl adjacent to an activating group) is 1. The number of nitrogens with zero attached hydrogens (tertiary/aromatic N) is 2. The third kappa shape index (κ3) is 1.41. The predicted octanol–water partition coefficient (Wildman–Crippen LogP) is 0.588. The molecule has 3 rings (SSSR count). The number of carbonyl (C=O) groups excluding carboxylic acids is 2. The summed E-state index contributed by atoms with van der Waals surface area (Å²) in [5, 5.41) is 1.62. The highest BCUT2D eigenvalue weighted by atomic mass is 16.7. The van der Waals surface area contributed by atoms with Crippen molar-refractivity contribution in [2.75, 3.05) is 14.1 Å². The Bertz CT molecular complexity index is 502. The lowest BCUT2D eigenvalue weighted by atomic mass is 9.91. The lowest BCUT2D eigenvalue weighted by Crippen LogP contribution is -2.33. The monoisotopic (exact) mass is 246 g/mol. The van der Waals surface area contributed by atoms with E-state index in [-0.39, 0.29) is 17.9 Å². The van der Waals surface area contributed by atoms with Crippen LogP contribution in [-0.2, 0) is 14.4 Å². The molecule has 2 aliphatic heterocycles. The fourth-order valence-electron chi connectivity index (χ4n) is 2.76. The Hall–Kier alpha value is -1.72. The van der Waals surface area contributed by atoms with Crippen molar-refractivity contribution >= 4 is 11.8 Å². The van der Waals surface area contributed by atoms with Crippen LogP contribution in [0.2, 0.25) is 0 Å². The molecule has 2 aliphatic rings. The molecule has 2 saturated heterocycles. The fraction of sp³-hybridized carbons (Fsp3) is 0.385. The Morgan fingerprint density at radius 3 is 2.39 bits per heavy atom. The van der Waals surface area contributed by atoms with Gasteiger partial charge < -0.3 is 0 Å². The first-order valence-corrected chi connectivity index (χ1v) is 5.87. The highest BCUT2D eigenvalue weighted by Gasteiger charge is 2.57. The van der Waals surface area contributed by atoms with Crippen molar-refractivity contribution in [3.63, 3.8) is 0 Å². The number of rotatable bonds is 1. The SMILES string of the molecule is CN1C(=O)[C@@H]2[C@@H](ON(C)[C@H]2c2ccccc2)C1=O. The molecule has 0 radical (unpaired) electrons. The van der Waals surface area contributed by atoms with Crippen LogP contribution in [0.3, 0.4) is 0 Å². The van der Waals surface area contributed by atoms with Gasteiger partial charge in [0.25, 0.3) is 5.91 Å². The van der Waals surface area contributed by atoms with Crippen LogP contribution in [0.4, 0.5) is 0 Å². The molecule has 18 heavy (non-hydrogen) atoms. The lowest BCUT2D eigenvalue weighted by molar-refractivity contribution is -0.168. The van der Waals surface area contributed by atoms with Gasteiger partial charge in [0.15, 0.2) is 6.10 Å². The standard InChI is InChI=1S/C13H14N2O3/c1-14-12(16)9-10(8-6-4-3-5-7-8)15(2)18-11(9)13(14)17/h3-7,9-11H,1-2H3/t9-,10-,11+/m0/s1. The molecule has 1 aromatic carbocycles. The average Bonchev–Trinajstić information content (AvgIpc) is 2.82. The molecule has 0 bridgehead atoms. The zero-order valence-electron chi connectivity index (χ0n) is 10.2. The van der Waals surface area contributed by atoms with Gasteiger partial charge in [-0.05, 0) is 5.56 Å². The van der Waals surface area contributed by atoms with E-state index in [9.17, 15) is 9.59 Å². The van der Waals surface area contributed by atoms with Gasteiger partial charge in [-0.2, -0.15) is 5.06 Å². The second kappa shape index (κ2) is 3.90. The van der Waals surface area contributed by atoms with Crippen molar-refractivity contribution in [3.8, 4) is 0 Å². The smallest absolute Gasteiger partial charge is 0.261 e. The molecule has 2 amide bonds. The largest absolute Gasteiger partial charge is 0.284 e. The topological polar surface area (TPSA) is 49.9 Å². The second-order valence-corrected chi connectivity index (χ2v) is 4.69. The normalized spacial score (nSPS) is 32.1. The summed E-state index contributed by atoms with van der Waals surface area (Å²) in [5.74, 6) is -0.853. The Morgan fingerprint density at radius 1 is 1.06 bits per heavy atom. The quantitative estimate of drug-likeness (QED) is 0.680. The highest BCUT2D eigenvalue weighted by molar-refractivity contribution is 6.07. The molecule has 5 nitrogen and oxygen atoms in total. The zero-order chi connectivity index (χ0) is 12.9. The maximum absolute atomic E-state index is 12.1. The van der Waals surface area contributed by atoms with E-state index >= 15 is 0 Å². The number of hydroxylamine groups is 2. The Labute approximate surface area is 105 Å². The molecule has 0 N–H and O–H groups in total. The van der Waals surface area contributed by atoms with Crippen molar-refractivity contribution in [3.05, 3.63) is 35.9 Å². The third-order valence-electron chi connectivity index (χ3n) is 3.67. The van der Waals surface area contributed by atoms with Gasteiger partial charge in [-0.3, -0.25) is 19.3 Å². The molecule has 3 atom stereocenters. The van der Waals surface area contributed by atoms with Gasteiger partial charge in [0.1, 0.15) is 0 Å². The first-order valence-electron chi connectivity index (χ1n) is 5.87. The van der Waals surface area contributed by atoms with E-state index < -0.39 is 12.0 Å². The summed E-state index contributed by atoms with van der Waals surface area (Å²) in [4.78, 5) is 30.7. The molecule has 0 spiro atoms. The van der Waals surface area contributed by atoms with Gasteiger partial charge in [-0.15, -0.1) is 0 Å². The average molecular weight is 246 g/mol. The lowest BCUT2D eigenvalue weighted by Gasteiger charge is -2.22. The summed E-state index contributed by atoms with van der Waals surface area (Å²) < 4.78 is 0. The van der Waals surface area contributed by atoms with E-state index in [1.807, 2.05) is 30.3 Å². The van der Waals surface area contributed by atoms with Crippen LogP contribution in [0.1, 0.15) is 11.6 Å². The van der Waals surface area contributed by atoms with Gasteiger partial charge in [-0.1, -0.05) is 30.3 Å². The number of fused-ring (bicyclic) bond motifs is 1. The van der Waals surface area contributed by atoms with Gasteiger partial charge in [0.05, 0.1) is 12.0 Å². The maximum Gasteiger partial charge on any atom is 0.261 e. The second-order valence-electron chi connectivity index (χ2n) is 4.69. The van der Waals surface area contributed by atoms with Gasteiger partial charge in [0.2, 0.25) is 5.91 Å². The Morgan fingerprint density at radius 2 is 1.72 bits per heavy atom. The number of carbonyl (C=O) groups is 2. The van der Waals surface area contributed by atoms with E-state index in [0.717, 1.165) is 10.5 Å². The molecular formula is C13H14N2O3. The summed E-state index contributed by atoms with van der Waals surface area (Å²) in [6.45, 7) is 0. The van der Waals surface area contributed by atoms with Crippen LogP contribution >= 0.6 is 0 Å². The third-order valence-corrected chi connectivity index (χ3v) is 3.67. The van der Waals surface area contributed by atoms with Gasteiger partial charge in [0, 0.05) is 14.1 Å². The van der Waals surface area contributed by atoms with E-state index in [1.165, 1.54) is 7.05 Å². The molecule has 5 heteroatoms. The van der Waals surface area contributed by atoms with E-state index in [1.54, 1.807) is 12.1 Å². The molecular weight excluding hydrogens is 232 g/mol. The minimum atomic E-state index is -0.669. The molecule has 1 aromatic rings. The molecule has 0 aromatic heterocycles. The van der Waals surface area contributed by atoms with E-state index in [0.29, 0.717) is 0 Å². The van der Waals surface area contributed by atoms with Crippen LogP contribution in [0.15, 0.2) is 30.3 Å². The summed E-state index contributed by atoms with van der Waals surface area (Å²) >= 11 is 0. The number of imide groups is 1. The van der Waals surface area contributed by atoms with Gasteiger partial charge in [-0.25, -0.2) is 0 Å². The molecule has 94 valence electrons. The van der Waals surface area contributed by atoms with Crippen LogP contribution < -0.4 is 0 Å². The first kappa shape index (κ1) is 11.4. The number of hydrogen-bond donors (Lipinski definition) is 0. The number of benzene rings is 1. The van der Waals surface area contributed by atoms with Crippen molar-refractivity contribution in [2.24, 2.45) is 5.92 Å². The summed E-state index contributed by atoms with van der Waals surface area (Å²) in [7, 11) is 3.27. The number of hydrogen-bond acceptors (Lipinski definition) is 4. The van der Waals surface area contributed by atoms with Crippen LogP contribution in [-0.4, -0.2) is 42.0 Å². The number of likely N-dealkylation sites (tertiary alicyclic amines) is 1. The molecule has 0 aliphatic carbocycles.